The highest BCUT2D eigenvalue weighted by molar-refractivity contribution is 5.91. The summed E-state index contributed by atoms with van der Waals surface area (Å²) in [5.41, 5.74) is 3.32. The Bertz CT molecular complexity index is 914. The van der Waals surface area contributed by atoms with Crippen molar-refractivity contribution in [3.63, 3.8) is 0 Å². The number of phenols is 1. The molecule has 4 N–H and O–H groups in total. The van der Waals surface area contributed by atoms with Crippen LogP contribution in [0, 0.1) is 0 Å². The normalized spacial score (nSPS) is 11.8. The Hall–Kier alpha value is -3.22. The van der Waals surface area contributed by atoms with Crippen molar-refractivity contribution in [2.45, 2.75) is 18.9 Å². The van der Waals surface area contributed by atoms with E-state index >= 15 is 0 Å². The third-order valence-corrected chi connectivity index (χ3v) is 4.49. The molecule has 0 spiro atoms. The fourth-order valence-corrected chi connectivity index (χ4v) is 2.96. The second-order valence-electron chi connectivity index (χ2n) is 6.81. The number of phenolic OH excluding ortho intramolecular Hbond substituents is 1. The van der Waals surface area contributed by atoms with Gasteiger partial charge in [0, 0.05) is 24.1 Å². The van der Waals surface area contributed by atoms with E-state index < -0.39 is 6.10 Å². The molecule has 0 fully saturated rings. The van der Waals surface area contributed by atoms with Crippen molar-refractivity contribution in [2.75, 3.05) is 18.4 Å². The molecular formula is C23H25N3O3. The number of pyridine rings is 1. The number of benzene rings is 2. The summed E-state index contributed by atoms with van der Waals surface area (Å²) in [6, 6.07) is 19.7. The molecule has 0 saturated heterocycles. The summed E-state index contributed by atoms with van der Waals surface area (Å²) >= 11 is 0. The monoisotopic (exact) mass is 391 g/mol. The topological polar surface area (TPSA) is 94.5 Å². The lowest BCUT2D eigenvalue weighted by molar-refractivity contribution is -0.115. The first-order valence-corrected chi connectivity index (χ1v) is 9.56. The third kappa shape index (κ3) is 6.71. The second kappa shape index (κ2) is 10.4. The fourth-order valence-electron chi connectivity index (χ4n) is 2.96. The van der Waals surface area contributed by atoms with E-state index in [4.69, 9.17) is 0 Å². The number of hydrogen-bond donors (Lipinski definition) is 4. The lowest BCUT2D eigenvalue weighted by atomic mass is 10.1. The van der Waals surface area contributed by atoms with E-state index in [-0.39, 0.29) is 18.1 Å². The van der Waals surface area contributed by atoms with Gasteiger partial charge in [-0.3, -0.25) is 9.78 Å². The Morgan fingerprint density at radius 2 is 1.79 bits per heavy atom. The molecule has 29 heavy (non-hydrogen) atoms. The minimum atomic E-state index is -0.634. The van der Waals surface area contributed by atoms with E-state index in [1.165, 1.54) is 0 Å². The molecule has 150 valence electrons. The van der Waals surface area contributed by atoms with E-state index in [9.17, 15) is 15.0 Å². The zero-order chi connectivity index (χ0) is 20.5. The molecule has 0 bridgehead atoms. The highest BCUT2D eigenvalue weighted by Crippen LogP contribution is 2.16. The number of rotatable bonds is 9. The number of anilines is 1. The van der Waals surface area contributed by atoms with Crippen LogP contribution in [0.25, 0.3) is 0 Å². The number of aliphatic hydroxyl groups excluding tert-OH is 1. The zero-order valence-electron chi connectivity index (χ0n) is 16.1. The average Bonchev–Trinajstić information content (AvgIpc) is 2.72. The van der Waals surface area contributed by atoms with E-state index in [1.54, 1.807) is 30.5 Å². The Labute approximate surface area is 170 Å². The van der Waals surface area contributed by atoms with Crippen LogP contribution in [0.3, 0.4) is 0 Å². The van der Waals surface area contributed by atoms with Gasteiger partial charge in [0.2, 0.25) is 5.91 Å². The Morgan fingerprint density at radius 3 is 2.55 bits per heavy atom. The van der Waals surface area contributed by atoms with Crippen LogP contribution in [-0.2, 0) is 17.6 Å². The molecule has 0 saturated carbocycles. The summed E-state index contributed by atoms with van der Waals surface area (Å²) in [6.07, 6.45) is 2.06. The quantitative estimate of drug-likeness (QED) is 0.421. The molecule has 1 heterocycles. The van der Waals surface area contributed by atoms with Crippen LogP contribution in [-0.4, -0.2) is 34.2 Å². The summed E-state index contributed by atoms with van der Waals surface area (Å²) in [5, 5.41) is 25.6. The summed E-state index contributed by atoms with van der Waals surface area (Å²) in [6.45, 7) is 1.11. The molecule has 0 radical (unpaired) electrons. The molecule has 6 nitrogen and oxygen atoms in total. The minimum absolute atomic E-state index is 0.101. The van der Waals surface area contributed by atoms with Crippen molar-refractivity contribution in [3.05, 3.63) is 89.7 Å². The van der Waals surface area contributed by atoms with Crippen molar-refractivity contribution in [1.82, 2.24) is 10.3 Å². The molecule has 0 aliphatic heterocycles. The molecule has 0 aliphatic carbocycles. The number of carbonyl (C=O) groups excluding carboxylic acids is 1. The lowest BCUT2D eigenvalue weighted by Gasteiger charge is -2.12. The van der Waals surface area contributed by atoms with Crippen LogP contribution in [0.4, 0.5) is 5.69 Å². The highest BCUT2D eigenvalue weighted by Gasteiger charge is 2.08. The van der Waals surface area contributed by atoms with Gasteiger partial charge in [-0.05, 0) is 60.5 Å². The van der Waals surface area contributed by atoms with E-state index in [0.29, 0.717) is 13.1 Å². The van der Waals surface area contributed by atoms with Crippen LogP contribution in [0.1, 0.15) is 22.9 Å². The number of nitrogens with one attached hydrogen (secondary N) is 2. The molecular weight excluding hydrogens is 366 g/mol. The van der Waals surface area contributed by atoms with Crippen LogP contribution >= 0.6 is 0 Å². The second-order valence-corrected chi connectivity index (χ2v) is 6.81. The van der Waals surface area contributed by atoms with Crippen molar-refractivity contribution in [3.8, 4) is 5.75 Å². The van der Waals surface area contributed by atoms with Crippen molar-refractivity contribution >= 4 is 11.6 Å². The number of nitrogens with zero attached hydrogens (tertiary/aromatic N) is 1. The first-order chi connectivity index (χ1) is 14.1. The van der Waals surface area contributed by atoms with Gasteiger partial charge in [0.05, 0.1) is 12.5 Å². The van der Waals surface area contributed by atoms with Gasteiger partial charge < -0.3 is 20.8 Å². The molecule has 6 heteroatoms. The van der Waals surface area contributed by atoms with Crippen LogP contribution in [0.15, 0.2) is 72.9 Å². The number of aromatic hydroxyl groups is 1. The van der Waals surface area contributed by atoms with Gasteiger partial charge in [0.1, 0.15) is 5.75 Å². The minimum Gasteiger partial charge on any atom is -0.508 e. The van der Waals surface area contributed by atoms with E-state index in [0.717, 1.165) is 28.9 Å². The van der Waals surface area contributed by atoms with Crippen molar-refractivity contribution in [2.24, 2.45) is 0 Å². The predicted molar refractivity (Wildman–Crippen MR) is 113 cm³/mol. The van der Waals surface area contributed by atoms with Gasteiger partial charge >= 0.3 is 0 Å². The predicted octanol–water partition coefficient (Wildman–Crippen LogP) is 2.83. The van der Waals surface area contributed by atoms with Crippen LogP contribution < -0.4 is 10.6 Å². The largest absolute Gasteiger partial charge is 0.508 e. The number of aliphatic hydroxyl groups is 1. The molecule has 2 aromatic carbocycles. The van der Waals surface area contributed by atoms with E-state index in [1.807, 2.05) is 42.5 Å². The number of amides is 1. The molecule has 1 amide bonds. The van der Waals surface area contributed by atoms with Crippen molar-refractivity contribution < 1.29 is 15.0 Å². The molecule has 1 aromatic heterocycles. The van der Waals surface area contributed by atoms with Crippen LogP contribution in [0.2, 0.25) is 0 Å². The maximum absolute atomic E-state index is 12.2. The summed E-state index contributed by atoms with van der Waals surface area (Å²) in [7, 11) is 0. The molecule has 0 aliphatic rings. The fraction of sp³-hybridized carbons (Fsp3) is 0.217. The number of aromatic nitrogens is 1. The first kappa shape index (κ1) is 20.5. The van der Waals surface area contributed by atoms with Gasteiger partial charge in [0.15, 0.2) is 0 Å². The van der Waals surface area contributed by atoms with Gasteiger partial charge in [-0.1, -0.05) is 30.3 Å². The van der Waals surface area contributed by atoms with Crippen molar-refractivity contribution in [1.29, 1.82) is 0 Å². The summed E-state index contributed by atoms with van der Waals surface area (Å²) in [4.78, 5) is 16.5. The van der Waals surface area contributed by atoms with Gasteiger partial charge in [-0.25, -0.2) is 0 Å². The maximum atomic E-state index is 12.2. The third-order valence-electron chi connectivity index (χ3n) is 4.49. The SMILES string of the molecule is O=C(Cc1cc(CCNCC(O)c2ccc(O)cc2)ccn1)Nc1ccccc1. The molecule has 1 unspecified atom stereocenters. The maximum Gasteiger partial charge on any atom is 0.230 e. The molecule has 3 aromatic rings. The van der Waals surface area contributed by atoms with Gasteiger partial charge in [-0.15, -0.1) is 0 Å². The van der Waals surface area contributed by atoms with E-state index in [2.05, 4.69) is 15.6 Å². The van der Waals surface area contributed by atoms with Crippen LogP contribution in [0.5, 0.6) is 5.75 Å². The standard InChI is InChI=1S/C23H25N3O3/c27-21-8-6-18(7-9-21)22(28)16-24-12-10-17-11-13-25-20(14-17)15-23(29)26-19-4-2-1-3-5-19/h1-9,11,13-14,22,24,27-28H,10,12,15-16H2,(H,26,29). The molecule has 1 atom stereocenters. The number of carbonyl (C=O) groups is 1. The Kier molecular flexibility index (Phi) is 7.33. The zero-order valence-corrected chi connectivity index (χ0v) is 16.1. The average molecular weight is 391 g/mol. The first-order valence-electron chi connectivity index (χ1n) is 9.56. The number of para-hydroxylation sites is 1. The Balaban J connectivity index is 1.43. The number of hydrogen-bond acceptors (Lipinski definition) is 5. The van der Waals surface area contributed by atoms with Gasteiger partial charge in [-0.2, -0.15) is 0 Å². The van der Waals surface area contributed by atoms with Gasteiger partial charge in [0.25, 0.3) is 0 Å². The lowest BCUT2D eigenvalue weighted by Crippen LogP contribution is -2.23. The smallest absolute Gasteiger partial charge is 0.230 e. The Morgan fingerprint density at radius 1 is 1.03 bits per heavy atom. The molecule has 3 rings (SSSR count). The highest BCUT2D eigenvalue weighted by atomic mass is 16.3. The summed E-state index contributed by atoms with van der Waals surface area (Å²) in [5.74, 6) is 0.0795. The summed E-state index contributed by atoms with van der Waals surface area (Å²) < 4.78 is 0.